The molecule has 2 heterocycles. The predicted octanol–water partition coefficient (Wildman–Crippen LogP) is 0.223. The van der Waals surface area contributed by atoms with Gasteiger partial charge in [0, 0.05) is 13.6 Å². The van der Waals surface area contributed by atoms with Gasteiger partial charge in [-0.1, -0.05) is 6.07 Å². The van der Waals surface area contributed by atoms with E-state index in [-0.39, 0.29) is 5.82 Å². The Hall–Kier alpha value is -2.90. The molecular weight excluding hydrogens is 272 g/mol. The van der Waals surface area contributed by atoms with E-state index in [2.05, 4.69) is 25.4 Å². The van der Waals surface area contributed by atoms with Crippen LogP contribution in [0, 0.1) is 6.92 Å². The molecular formula is C13H14N6O2. The lowest BCUT2D eigenvalue weighted by molar-refractivity contribution is 0.0940. The highest BCUT2D eigenvalue weighted by Gasteiger charge is 2.11. The van der Waals surface area contributed by atoms with Gasteiger partial charge in [-0.2, -0.15) is 0 Å². The lowest BCUT2D eigenvalue weighted by atomic mass is 10.2. The van der Waals surface area contributed by atoms with Crippen molar-refractivity contribution < 1.29 is 4.79 Å². The largest absolute Gasteiger partial charge is 0.345 e. The summed E-state index contributed by atoms with van der Waals surface area (Å²) in [5.74, 6) is 0.423. The molecule has 0 radical (unpaired) electrons. The Morgan fingerprint density at radius 1 is 1.38 bits per heavy atom. The molecule has 1 aromatic carbocycles. The first-order chi connectivity index (χ1) is 10.0. The highest BCUT2D eigenvalue weighted by molar-refractivity contribution is 5.90. The zero-order valence-corrected chi connectivity index (χ0v) is 11.6. The Balaban J connectivity index is 1.73. The van der Waals surface area contributed by atoms with Gasteiger partial charge in [0.1, 0.15) is 5.82 Å². The molecule has 108 valence electrons. The van der Waals surface area contributed by atoms with Crippen LogP contribution >= 0.6 is 0 Å². The number of benzene rings is 1. The summed E-state index contributed by atoms with van der Waals surface area (Å²) in [4.78, 5) is 32.9. The van der Waals surface area contributed by atoms with Crippen molar-refractivity contribution in [2.24, 2.45) is 7.05 Å². The van der Waals surface area contributed by atoms with Crippen LogP contribution in [0.2, 0.25) is 0 Å². The van der Waals surface area contributed by atoms with Crippen molar-refractivity contribution in [2.45, 2.75) is 13.5 Å². The Labute approximate surface area is 119 Å². The lowest BCUT2D eigenvalue weighted by Crippen LogP contribution is -2.24. The molecule has 0 atom stereocenters. The molecule has 0 unspecified atom stereocenters. The van der Waals surface area contributed by atoms with Crippen molar-refractivity contribution in [1.29, 1.82) is 0 Å². The Morgan fingerprint density at radius 2 is 2.19 bits per heavy atom. The molecule has 8 heteroatoms. The minimum Gasteiger partial charge on any atom is -0.345 e. The molecule has 3 rings (SSSR count). The number of H-pyrrole nitrogens is 2. The van der Waals surface area contributed by atoms with Gasteiger partial charge in [-0.15, -0.1) is 5.10 Å². The van der Waals surface area contributed by atoms with Gasteiger partial charge in [-0.25, -0.2) is 14.5 Å². The number of rotatable bonds is 3. The Bertz CT molecular complexity index is 872. The Morgan fingerprint density at radius 3 is 2.90 bits per heavy atom. The van der Waals surface area contributed by atoms with Crippen LogP contribution in [0.4, 0.5) is 0 Å². The second-order valence-corrected chi connectivity index (χ2v) is 4.76. The number of carbonyl (C=O) groups excluding carboxylic acids is 1. The maximum absolute atomic E-state index is 11.9. The van der Waals surface area contributed by atoms with Gasteiger partial charge >= 0.3 is 5.69 Å². The number of aromatic nitrogens is 5. The van der Waals surface area contributed by atoms with E-state index in [1.54, 1.807) is 0 Å². The predicted molar refractivity (Wildman–Crippen MR) is 75.8 cm³/mol. The van der Waals surface area contributed by atoms with Gasteiger partial charge in [-0.05, 0) is 24.6 Å². The highest BCUT2D eigenvalue weighted by Crippen LogP contribution is 2.13. The zero-order chi connectivity index (χ0) is 15.0. The van der Waals surface area contributed by atoms with Gasteiger partial charge in [0.25, 0.3) is 5.91 Å². The van der Waals surface area contributed by atoms with Crippen LogP contribution in [0.3, 0.4) is 0 Å². The van der Waals surface area contributed by atoms with Crippen molar-refractivity contribution in [2.75, 3.05) is 0 Å². The summed E-state index contributed by atoms with van der Waals surface area (Å²) < 4.78 is 1.08. The summed E-state index contributed by atoms with van der Waals surface area (Å²) >= 11 is 0. The fourth-order valence-corrected chi connectivity index (χ4v) is 2.07. The van der Waals surface area contributed by atoms with Gasteiger partial charge in [0.15, 0.2) is 0 Å². The number of nitrogens with one attached hydrogen (secondary N) is 3. The Kier molecular flexibility index (Phi) is 3.05. The summed E-state index contributed by atoms with van der Waals surface area (Å²) in [6, 6.07) is 5.71. The summed E-state index contributed by atoms with van der Waals surface area (Å²) in [6.45, 7) is 2.23. The quantitative estimate of drug-likeness (QED) is 0.640. The molecule has 0 aliphatic carbocycles. The fraction of sp³-hybridized carbons (Fsp3) is 0.231. The average Bonchev–Trinajstić information content (AvgIpc) is 2.98. The number of nitrogens with zero attached hydrogens (tertiary/aromatic N) is 3. The van der Waals surface area contributed by atoms with E-state index in [4.69, 9.17) is 0 Å². The molecule has 0 fully saturated rings. The van der Waals surface area contributed by atoms with Gasteiger partial charge < -0.3 is 10.3 Å². The lowest BCUT2D eigenvalue weighted by Gasteiger charge is -2.03. The van der Waals surface area contributed by atoms with E-state index in [0.29, 0.717) is 6.54 Å². The van der Waals surface area contributed by atoms with Gasteiger partial charge in [0.05, 0.1) is 11.0 Å². The van der Waals surface area contributed by atoms with Crippen LogP contribution in [-0.4, -0.2) is 30.6 Å². The van der Waals surface area contributed by atoms with E-state index in [9.17, 15) is 9.59 Å². The SMILES string of the molecule is Cc1nc2ccc(CNC(=O)c3nn(C)c(=O)[nH]3)cc2[nH]1. The molecule has 0 aliphatic heterocycles. The van der Waals surface area contributed by atoms with Crippen LogP contribution in [0.25, 0.3) is 11.0 Å². The van der Waals surface area contributed by atoms with E-state index in [1.807, 2.05) is 25.1 Å². The number of aromatic amines is 2. The minimum absolute atomic E-state index is 0.000891. The summed E-state index contributed by atoms with van der Waals surface area (Å²) in [7, 11) is 1.48. The summed E-state index contributed by atoms with van der Waals surface area (Å²) in [5.41, 5.74) is 2.31. The minimum atomic E-state index is -0.423. The molecule has 1 amide bonds. The molecule has 0 spiro atoms. The first kappa shape index (κ1) is 13.1. The van der Waals surface area contributed by atoms with Crippen LogP contribution in [0.1, 0.15) is 22.0 Å². The van der Waals surface area contributed by atoms with Crippen LogP contribution in [0.5, 0.6) is 0 Å². The van der Waals surface area contributed by atoms with Crippen LogP contribution in [-0.2, 0) is 13.6 Å². The van der Waals surface area contributed by atoms with Gasteiger partial charge in [0.2, 0.25) is 5.82 Å². The molecule has 21 heavy (non-hydrogen) atoms. The average molecular weight is 286 g/mol. The van der Waals surface area contributed by atoms with Crippen molar-refractivity contribution >= 4 is 16.9 Å². The maximum atomic E-state index is 11.9. The molecule has 0 aliphatic rings. The second kappa shape index (κ2) is 4.89. The molecule has 3 aromatic rings. The zero-order valence-electron chi connectivity index (χ0n) is 11.6. The number of carbonyl (C=O) groups is 1. The van der Waals surface area contributed by atoms with E-state index in [1.165, 1.54) is 7.05 Å². The molecule has 3 N–H and O–H groups in total. The third kappa shape index (κ3) is 2.55. The molecule has 2 aromatic heterocycles. The topological polar surface area (TPSA) is 108 Å². The standard InChI is InChI=1S/C13H14N6O2/c1-7-15-9-4-3-8(5-10(9)16-7)6-14-12(20)11-17-13(21)19(2)18-11/h3-5H,6H2,1-2H3,(H,14,20)(H,15,16)(H,17,18,21). The van der Waals surface area contributed by atoms with Crippen molar-refractivity contribution in [3.63, 3.8) is 0 Å². The van der Waals surface area contributed by atoms with E-state index >= 15 is 0 Å². The molecule has 0 saturated heterocycles. The number of amides is 1. The van der Waals surface area contributed by atoms with E-state index in [0.717, 1.165) is 27.1 Å². The van der Waals surface area contributed by atoms with E-state index < -0.39 is 11.6 Å². The first-order valence-electron chi connectivity index (χ1n) is 6.40. The number of hydrogen-bond donors (Lipinski definition) is 3. The summed E-state index contributed by atoms with van der Waals surface area (Å²) in [6.07, 6.45) is 0. The smallest absolute Gasteiger partial charge is 0.343 e. The van der Waals surface area contributed by atoms with Gasteiger partial charge in [-0.3, -0.25) is 9.78 Å². The second-order valence-electron chi connectivity index (χ2n) is 4.76. The highest BCUT2D eigenvalue weighted by atomic mass is 16.2. The van der Waals surface area contributed by atoms with Crippen LogP contribution < -0.4 is 11.0 Å². The number of hydrogen-bond acceptors (Lipinski definition) is 4. The molecule has 0 bridgehead atoms. The van der Waals surface area contributed by atoms with Crippen LogP contribution in [0.15, 0.2) is 23.0 Å². The van der Waals surface area contributed by atoms with Crippen molar-refractivity contribution in [3.8, 4) is 0 Å². The number of fused-ring (bicyclic) bond motifs is 1. The maximum Gasteiger partial charge on any atom is 0.343 e. The normalized spacial score (nSPS) is 11.0. The number of aryl methyl sites for hydroxylation is 2. The van der Waals surface area contributed by atoms with Crippen molar-refractivity contribution in [3.05, 3.63) is 45.9 Å². The molecule has 0 saturated carbocycles. The first-order valence-corrected chi connectivity index (χ1v) is 6.40. The third-order valence-electron chi connectivity index (χ3n) is 3.10. The third-order valence-corrected chi connectivity index (χ3v) is 3.10. The van der Waals surface area contributed by atoms with Crippen molar-refractivity contribution in [1.82, 2.24) is 30.0 Å². The number of imidazole rings is 1. The summed E-state index contributed by atoms with van der Waals surface area (Å²) in [5, 5.41) is 6.50. The monoisotopic (exact) mass is 286 g/mol. The fourth-order valence-electron chi connectivity index (χ4n) is 2.07. The molecule has 8 nitrogen and oxygen atoms in total.